The highest BCUT2D eigenvalue weighted by molar-refractivity contribution is 14.2. The van der Waals surface area contributed by atoms with Gasteiger partial charge in [-0.3, -0.25) is 4.98 Å². The first kappa shape index (κ1) is 15.4. The Labute approximate surface area is 145 Å². The van der Waals surface area contributed by atoms with Crippen molar-refractivity contribution in [3.05, 3.63) is 58.0 Å². The average molecular weight is 452 g/mol. The molecule has 0 radical (unpaired) electrons. The number of benzene rings is 1. The molecule has 0 amide bonds. The number of aliphatic hydroxyl groups excluding tert-OH is 1. The van der Waals surface area contributed by atoms with Gasteiger partial charge in [0.15, 0.2) is 0 Å². The van der Waals surface area contributed by atoms with Crippen LogP contribution in [0.2, 0.25) is 10.0 Å². The Bertz CT molecular complexity index is 791. The summed E-state index contributed by atoms with van der Waals surface area (Å²) in [6.45, 7) is 0. The zero-order valence-corrected chi connectivity index (χ0v) is 15.1. The molecule has 0 aliphatic heterocycles. The SMILES string of the molecule is OC(c1ccc2cnn(PI)c2c1)c1c(Cl)cncc1Cl. The van der Waals surface area contributed by atoms with E-state index in [4.69, 9.17) is 23.2 Å². The van der Waals surface area contributed by atoms with E-state index in [2.05, 4.69) is 32.1 Å². The Balaban J connectivity index is 2.11. The van der Waals surface area contributed by atoms with Crippen LogP contribution in [-0.4, -0.2) is 19.6 Å². The van der Waals surface area contributed by atoms with Crippen LogP contribution in [0.3, 0.4) is 0 Å². The maximum absolute atomic E-state index is 10.6. The monoisotopic (exact) mass is 451 g/mol. The molecule has 2 heterocycles. The van der Waals surface area contributed by atoms with E-state index in [0.717, 1.165) is 10.9 Å². The normalized spacial score (nSPS) is 13.3. The molecular weight excluding hydrogens is 443 g/mol. The van der Waals surface area contributed by atoms with Crippen molar-refractivity contribution >= 4 is 62.5 Å². The van der Waals surface area contributed by atoms with Crippen molar-refractivity contribution in [1.82, 2.24) is 14.5 Å². The van der Waals surface area contributed by atoms with Crippen LogP contribution in [0.15, 0.2) is 36.8 Å². The van der Waals surface area contributed by atoms with E-state index in [1.165, 1.54) is 12.4 Å². The van der Waals surface area contributed by atoms with Gasteiger partial charge in [-0.2, -0.15) is 5.10 Å². The summed E-state index contributed by atoms with van der Waals surface area (Å²) in [7, 11) is 0. The van der Waals surface area contributed by atoms with Gasteiger partial charge in [0.1, 0.15) is 6.10 Å². The van der Waals surface area contributed by atoms with Crippen molar-refractivity contribution < 1.29 is 5.11 Å². The lowest BCUT2D eigenvalue weighted by atomic mass is 10.0. The number of rotatable bonds is 3. The smallest absolute Gasteiger partial charge is 0.107 e. The summed E-state index contributed by atoms with van der Waals surface area (Å²) < 4.78 is 1.89. The quantitative estimate of drug-likeness (QED) is 0.467. The molecule has 0 saturated heterocycles. The average Bonchev–Trinajstić information content (AvgIpc) is 2.89. The Hall–Kier alpha value is -0.460. The first-order valence-electron chi connectivity index (χ1n) is 5.93. The lowest BCUT2D eigenvalue weighted by molar-refractivity contribution is 0.220. The second kappa shape index (κ2) is 6.34. The van der Waals surface area contributed by atoms with E-state index in [0.29, 0.717) is 27.5 Å². The second-order valence-corrected chi connectivity index (χ2v) is 7.23. The van der Waals surface area contributed by atoms with E-state index in [-0.39, 0.29) is 0 Å². The Morgan fingerprint density at radius 3 is 2.57 bits per heavy atom. The molecule has 0 fully saturated rings. The Kier molecular flexibility index (Phi) is 4.66. The van der Waals surface area contributed by atoms with Crippen molar-refractivity contribution in [1.29, 1.82) is 0 Å². The molecular formula is C13H9Cl2IN3OP. The fourth-order valence-electron chi connectivity index (χ4n) is 2.12. The highest BCUT2D eigenvalue weighted by Gasteiger charge is 2.18. The number of hydrogen-bond acceptors (Lipinski definition) is 3. The molecule has 4 nitrogen and oxygen atoms in total. The third-order valence-corrected chi connectivity index (χ3v) is 5.64. The minimum absolute atomic E-state index is 0.347. The van der Waals surface area contributed by atoms with Gasteiger partial charge in [-0.25, -0.2) is 4.45 Å². The predicted octanol–water partition coefficient (Wildman–Crippen LogP) is 4.61. The van der Waals surface area contributed by atoms with Crippen LogP contribution in [0.25, 0.3) is 10.9 Å². The minimum Gasteiger partial charge on any atom is -0.384 e. The molecule has 108 valence electrons. The van der Waals surface area contributed by atoms with Crippen LogP contribution < -0.4 is 0 Å². The summed E-state index contributed by atoms with van der Waals surface area (Å²) >= 11 is 14.5. The maximum Gasteiger partial charge on any atom is 0.107 e. The van der Waals surface area contributed by atoms with E-state index in [9.17, 15) is 5.11 Å². The summed E-state index contributed by atoms with van der Waals surface area (Å²) in [5.41, 5.74) is 2.16. The molecule has 21 heavy (non-hydrogen) atoms. The zero-order chi connectivity index (χ0) is 15.0. The number of halogens is 3. The van der Waals surface area contributed by atoms with Gasteiger partial charge in [-0.1, -0.05) is 35.3 Å². The molecule has 8 heteroatoms. The molecule has 3 aromatic rings. The van der Waals surface area contributed by atoms with Crippen molar-refractivity contribution in [3.63, 3.8) is 0 Å². The third-order valence-electron chi connectivity index (χ3n) is 3.15. The molecule has 0 spiro atoms. The van der Waals surface area contributed by atoms with Gasteiger partial charge in [0.05, 0.1) is 28.1 Å². The van der Waals surface area contributed by atoms with Crippen molar-refractivity contribution in [2.24, 2.45) is 0 Å². The number of fused-ring (bicyclic) bond motifs is 1. The number of hydrogen-bond donors (Lipinski definition) is 1. The van der Waals surface area contributed by atoms with Crippen molar-refractivity contribution in [2.45, 2.75) is 6.10 Å². The first-order chi connectivity index (χ1) is 10.1. The van der Waals surface area contributed by atoms with Gasteiger partial charge in [0.2, 0.25) is 0 Å². The molecule has 0 aliphatic carbocycles. The van der Waals surface area contributed by atoms with Crippen LogP contribution in [0.1, 0.15) is 17.2 Å². The Morgan fingerprint density at radius 2 is 1.90 bits per heavy atom. The lowest BCUT2D eigenvalue weighted by Crippen LogP contribution is -2.02. The van der Waals surface area contributed by atoms with Gasteiger partial charge >= 0.3 is 0 Å². The standard InChI is InChI=1S/C13H9Cl2IN3OP/c14-9-5-17-6-10(15)12(9)13(20)7-1-2-8-4-18-19(21-16)11(8)3-7/h1-6,13,20-21H. The maximum atomic E-state index is 10.6. The summed E-state index contributed by atoms with van der Waals surface area (Å²) in [6, 6.07) is 5.69. The highest BCUT2D eigenvalue weighted by Crippen LogP contribution is 2.35. The molecule has 1 aromatic carbocycles. The lowest BCUT2D eigenvalue weighted by Gasteiger charge is -2.14. The van der Waals surface area contributed by atoms with Crippen molar-refractivity contribution in [2.75, 3.05) is 0 Å². The van der Waals surface area contributed by atoms with Crippen LogP contribution in [-0.2, 0) is 0 Å². The number of aliphatic hydroxyl groups is 1. The molecule has 2 aromatic heterocycles. The van der Waals surface area contributed by atoms with Gasteiger partial charge < -0.3 is 5.11 Å². The molecule has 0 saturated carbocycles. The topological polar surface area (TPSA) is 50.9 Å². The van der Waals surface area contributed by atoms with Crippen LogP contribution >= 0.6 is 51.6 Å². The second-order valence-electron chi connectivity index (χ2n) is 4.38. The summed E-state index contributed by atoms with van der Waals surface area (Å²) in [5.74, 6) is 0. The van der Waals surface area contributed by atoms with Gasteiger partial charge in [0, 0.05) is 23.3 Å². The van der Waals surface area contributed by atoms with E-state index < -0.39 is 6.10 Å². The Morgan fingerprint density at radius 1 is 1.19 bits per heavy atom. The minimum atomic E-state index is -0.904. The summed E-state index contributed by atoms with van der Waals surface area (Å²) in [5, 5.41) is 16.6. The summed E-state index contributed by atoms with van der Waals surface area (Å²) in [6.07, 6.45) is 4.34. The third kappa shape index (κ3) is 2.90. The van der Waals surface area contributed by atoms with E-state index in [1.807, 2.05) is 28.8 Å². The molecule has 0 aliphatic rings. The van der Waals surface area contributed by atoms with E-state index in [1.54, 1.807) is 0 Å². The van der Waals surface area contributed by atoms with Crippen LogP contribution in [0, 0.1) is 0 Å². The van der Waals surface area contributed by atoms with E-state index >= 15 is 0 Å². The number of aromatic nitrogens is 3. The number of nitrogens with zero attached hydrogens (tertiary/aromatic N) is 3. The van der Waals surface area contributed by atoms with Gasteiger partial charge in [-0.15, -0.1) is 0 Å². The van der Waals surface area contributed by atoms with Gasteiger partial charge in [-0.05, 0) is 33.7 Å². The number of pyridine rings is 1. The molecule has 1 N–H and O–H groups in total. The van der Waals surface area contributed by atoms with Gasteiger partial charge in [0.25, 0.3) is 0 Å². The predicted molar refractivity (Wildman–Crippen MR) is 95.8 cm³/mol. The van der Waals surface area contributed by atoms with Crippen molar-refractivity contribution in [3.8, 4) is 0 Å². The van der Waals surface area contributed by atoms with Crippen LogP contribution in [0.4, 0.5) is 0 Å². The fraction of sp³-hybridized carbons (Fsp3) is 0.0769. The van der Waals surface area contributed by atoms with Crippen LogP contribution in [0.5, 0.6) is 0 Å². The molecule has 2 atom stereocenters. The fourth-order valence-corrected chi connectivity index (χ4v) is 4.23. The zero-order valence-electron chi connectivity index (χ0n) is 10.5. The largest absolute Gasteiger partial charge is 0.384 e. The molecule has 0 bridgehead atoms. The molecule has 3 rings (SSSR count). The molecule has 2 unspecified atom stereocenters. The summed E-state index contributed by atoms with van der Waals surface area (Å²) in [4.78, 5) is 3.90. The highest BCUT2D eigenvalue weighted by atomic mass is 127. The first-order valence-corrected chi connectivity index (χ1v) is 10.7.